The van der Waals surface area contributed by atoms with E-state index >= 15 is 0 Å². The fourth-order valence-electron chi connectivity index (χ4n) is 7.68. The van der Waals surface area contributed by atoms with Crippen molar-refractivity contribution >= 4 is 13.7 Å². The van der Waals surface area contributed by atoms with Crippen molar-refractivity contribution in [3.8, 4) is 0 Å². The number of phosphoric ester groups is 1. The molecule has 8 nitrogen and oxygen atoms in total. The molecule has 352 valence electrons. The molecule has 59 heavy (non-hydrogen) atoms. The minimum atomic E-state index is -4.57. The summed E-state index contributed by atoms with van der Waals surface area (Å²) in [5.41, 5.74) is 0. The number of phosphoric acid groups is 1. The number of nitrogens with zero attached hydrogens (tertiary/aromatic N) is 1. The Morgan fingerprint density at radius 1 is 0.576 bits per heavy atom. The monoisotopic (exact) mass is 857 g/mol. The van der Waals surface area contributed by atoms with E-state index in [0.29, 0.717) is 17.4 Å². The smallest absolute Gasteiger partial charge is 0.268 e. The standard InChI is InChI=1S/C50H101N2O6P/c1-6-8-10-12-14-15-16-17-18-19-20-21-22-23-24-25-26-27-28-29-30-31-32-33-34-35-36-37-38-39-41-43-49(53)48(51-50(54)44-42-40-13-11-9-7-2)47-58-59(55,56)57-46-45-52(3,4)5/h41,43,48-49,53H,6-40,42,44-47H2,1-5H3,(H-,51,54,55,56)/b43-41+. The number of carbonyl (C=O) groups is 1. The third-order valence-corrected chi connectivity index (χ3v) is 12.7. The van der Waals surface area contributed by atoms with Gasteiger partial charge in [0.15, 0.2) is 0 Å². The van der Waals surface area contributed by atoms with E-state index < -0.39 is 20.0 Å². The van der Waals surface area contributed by atoms with Crippen molar-refractivity contribution in [3.63, 3.8) is 0 Å². The van der Waals surface area contributed by atoms with Crippen LogP contribution >= 0.6 is 7.82 Å². The fourth-order valence-corrected chi connectivity index (χ4v) is 8.41. The van der Waals surface area contributed by atoms with Gasteiger partial charge in [-0.05, 0) is 19.3 Å². The molecule has 1 amide bonds. The normalized spacial score (nSPS) is 14.2. The van der Waals surface area contributed by atoms with E-state index in [1.165, 1.54) is 193 Å². The van der Waals surface area contributed by atoms with Crippen LogP contribution < -0.4 is 10.2 Å². The van der Waals surface area contributed by atoms with E-state index in [0.717, 1.165) is 38.5 Å². The second kappa shape index (κ2) is 42.5. The lowest BCUT2D eigenvalue weighted by Crippen LogP contribution is -2.45. The molecule has 0 saturated heterocycles. The predicted octanol–water partition coefficient (Wildman–Crippen LogP) is 14.1. The van der Waals surface area contributed by atoms with Crippen LogP contribution in [0.1, 0.15) is 251 Å². The maximum absolute atomic E-state index is 12.7. The van der Waals surface area contributed by atoms with E-state index in [-0.39, 0.29) is 19.1 Å². The first-order valence-electron chi connectivity index (χ1n) is 25.6. The Labute approximate surface area is 367 Å². The molecule has 9 heteroatoms. The minimum absolute atomic E-state index is 0.00146. The van der Waals surface area contributed by atoms with E-state index in [1.54, 1.807) is 6.08 Å². The molecule has 0 radical (unpaired) electrons. The molecular weight excluding hydrogens is 756 g/mol. The van der Waals surface area contributed by atoms with Gasteiger partial charge in [-0.15, -0.1) is 0 Å². The van der Waals surface area contributed by atoms with E-state index in [2.05, 4.69) is 19.2 Å². The lowest BCUT2D eigenvalue weighted by Gasteiger charge is -2.29. The highest BCUT2D eigenvalue weighted by molar-refractivity contribution is 7.45. The average molecular weight is 857 g/mol. The molecule has 0 fully saturated rings. The molecule has 3 atom stereocenters. The molecule has 0 aromatic carbocycles. The Balaban J connectivity index is 3.90. The van der Waals surface area contributed by atoms with Crippen molar-refractivity contribution in [3.05, 3.63) is 12.2 Å². The number of amides is 1. The van der Waals surface area contributed by atoms with E-state index in [4.69, 9.17) is 9.05 Å². The summed E-state index contributed by atoms with van der Waals surface area (Å²) in [6.07, 6.45) is 50.5. The third kappa shape index (κ3) is 45.1. The third-order valence-electron chi connectivity index (χ3n) is 11.7. The number of likely N-dealkylation sites (N-methyl/N-ethyl adjacent to an activating group) is 1. The van der Waals surface area contributed by atoms with Gasteiger partial charge < -0.3 is 28.8 Å². The van der Waals surface area contributed by atoms with Gasteiger partial charge >= 0.3 is 0 Å². The molecule has 0 aliphatic rings. The Kier molecular flexibility index (Phi) is 42.0. The molecule has 2 N–H and O–H groups in total. The highest BCUT2D eigenvalue weighted by Gasteiger charge is 2.23. The number of hydrogen-bond acceptors (Lipinski definition) is 6. The zero-order valence-corrected chi connectivity index (χ0v) is 40.9. The highest BCUT2D eigenvalue weighted by atomic mass is 31.2. The van der Waals surface area contributed by atoms with Crippen molar-refractivity contribution < 1.29 is 32.9 Å². The zero-order valence-electron chi connectivity index (χ0n) is 40.0. The first-order valence-corrected chi connectivity index (χ1v) is 27.0. The molecule has 0 aliphatic carbocycles. The summed E-state index contributed by atoms with van der Waals surface area (Å²) in [6.45, 7) is 4.60. The largest absolute Gasteiger partial charge is 0.756 e. The van der Waals surface area contributed by atoms with Crippen molar-refractivity contribution in [1.29, 1.82) is 0 Å². The van der Waals surface area contributed by atoms with Crippen LogP contribution in [0.15, 0.2) is 12.2 Å². The highest BCUT2D eigenvalue weighted by Crippen LogP contribution is 2.38. The number of aliphatic hydroxyl groups excluding tert-OH is 1. The van der Waals surface area contributed by atoms with E-state index in [1.807, 2.05) is 27.2 Å². The summed E-state index contributed by atoms with van der Waals surface area (Å²) in [5, 5.41) is 13.7. The molecule has 0 heterocycles. The summed E-state index contributed by atoms with van der Waals surface area (Å²) < 4.78 is 23.1. The number of unbranched alkanes of at least 4 members (excludes halogenated alkanes) is 34. The number of rotatable bonds is 47. The Morgan fingerprint density at radius 3 is 1.27 bits per heavy atom. The lowest BCUT2D eigenvalue weighted by atomic mass is 10.0. The summed E-state index contributed by atoms with van der Waals surface area (Å²) >= 11 is 0. The molecular formula is C50H101N2O6P. The van der Waals surface area contributed by atoms with Crippen LogP contribution in [0.25, 0.3) is 0 Å². The number of hydrogen-bond donors (Lipinski definition) is 2. The Hall–Kier alpha value is -0.760. The van der Waals surface area contributed by atoms with E-state index in [9.17, 15) is 19.4 Å². The summed E-state index contributed by atoms with van der Waals surface area (Å²) in [7, 11) is 1.27. The van der Waals surface area contributed by atoms with Crippen LogP contribution in [-0.2, 0) is 18.4 Å². The molecule has 0 aliphatic heterocycles. The number of quaternary nitrogens is 1. The van der Waals surface area contributed by atoms with Gasteiger partial charge in [-0.3, -0.25) is 9.36 Å². The summed E-state index contributed by atoms with van der Waals surface area (Å²) in [4.78, 5) is 25.1. The number of carbonyl (C=O) groups excluding carboxylic acids is 1. The minimum Gasteiger partial charge on any atom is -0.756 e. The van der Waals surface area contributed by atoms with Crippen LogP contribution in [0.3, 0.4) is 0 Å². The van der Waals surface area contributed by atoms with Gasteiger partial charge in [-0.2, -0.15) is 0 Å². The van der Waals surface area contributed by atoms with Gasteiger partial charge in [-0.1, -0.05) is 238 Å². The van der Waals surface area contributed by atoms with Gasteiger partial charge in [0, 0.05) is 6.42 Å². The maximum Gasteiger partial charge on any atom is 0.268 e. The van der Waals surface area contributed by atoms with Crippen molar-refractivity contribution in [2.75, 3.05) is 40.9 Å². The van der Waals surface area contributed by atoms with Gasteiger partial charge in [0.25, 0.3) is 7.82 Å². The summed E-state index contributed by atoms with van der Waals surface area (Å²) in [6, 6.07) is -0.878. The predicted molar refractivity (Wildman–Crippen MR) is 252 cm³/mol. The number of allylic oxidation sites excluding steroid dienone is 1. The fraction of sp³-hybridized carbons (Fsp3) is 0.940. The van der Waals surface area contributed by atoms with Crippen LogP contribution in [0.4, 0.5) is 0 Å². The van der Waals surface area contributed by atoms with Crippen molar-refractivity contribution in [2.24, 2.45) is 0 Å². The summed E-state index contributed by atoms with van der Waals surface area (Å²) in [5.74, 6) is -0.205. The second-order valence-electron chi connectivity index (χ2n) is 18.9. The molecule has 3 unspecified atom stereocenters. The molecule has 0 aromatic heterocycles. The second-order valence-corrected chi connectivity index (χ2v) is 20.3. The van der Waals surface area contributed by atoms with Gasteiger partial charge in [0.2, 0.25) is 5.91 Å². The number of nitrogens with one attached hydrogen (secondary N) is 1. The van der Waals surface area contributed by atoms with Crippen LogP contribution in [0.2, 0.25) is 0 Å². The van der Waals surface area contributed by atoms with Crippen molar-refractivity contribution in [1.82, 2.24) is 5.32 Å². The van der Waals surface area contributed by atoms with Crippen LogP contribution in [0.5, 0.6) is 0 Å². The van der Waals surface area contributed by atoms with Crippen LogP contribution in [-0.4, -0.2) is 68.5 Å². The Morgan fingerprint density at radius 2 is 0.915 bits per heavy atom. The zero-order chi connectivity index (χ0) is 43.6. The molecule has 0 bridgehead atoms. The van der Waals surface area contributed by atoms with Gasteiger partial charge in [0.05, 0.1) is 39.9 Å². The first-order chi connectivity index (χ1) is 28.5. The van der Waals surface area contributed by atoms with Gasteiger partial charge in [0.1, 0.15) is 13.2 Å². The molecule has 0 aromatic rings. The molecule has 0 rings (SSSR count). The quantitative estimate of drug-likeness (QED) is 0.0273. The van der Waals surface area contributed by atoms with Gasteiger partial charge in [-0.25, -0.2) is 0 Å². The SMILES string of the molecule is CCCCCCCCCCCCCCCCCCCCCCCCCCCCCCC/C=C/C(O)C(COP(=O)([O-])OCC[N+](C)(C)C)NC(=O)CCCCCCCC. The Bertz CT molecular complexity index is 974. The number of aliphatic hydroxyl groups is 1. The molecule has 0 saturated carbocycles. The molecule has 0 spiro atoms. The van der Waals surface area contributed by atoms with Crippen molar-refractivity contribution in [2.45, 2.75) is 264 Å². The average Bonchev–Trinajstić information content (AvgIpc) is 3.19. The maximum atomic E-state index is 12.7. The topological polar surface area (TPSA) is 108 Å². The first kappa shape index (κ1) is 58.2. The lowest BCUT2D eigenvalue weighted by molar-refractivity contribution is -0.870. The van der Waals surface area contributed by atoms with Crippen LogP contribution in [0, 0.1) is 0 Å².